The number of benzene rings is 1. The molecule has 7 heteroatoms. The number of hydrogen-bond acceptors (Lipinski definition) is 7. The summed E-state index contributed by atoms with van der Waals surface area (Å²) in [7, 11) is 0. The molecule has 3 aliphatic carbocycles. The van der Waals surface area contributed by atoms with E-state index in [9.17, 15) is 15.3 Å². The first kappa shape index (κ1) is 26.2. The Morgan fingerprint density at radius 2 is 1.89 bits per heavy atom. The Balaban J connectivity index is 1.52. The Bertz CT molecular complexity index is 1310. The van der Waals surface area contributed by atoms with Crippen molar-refractivity contribution in [1.82, 2.24) is 15.0 Å². The summed E-state index contributed by atoms with van der Waals surface area (Å²) in [6.45, 7) is 4.82. The van der Waals surface area contributed by atoms with Crippen LogP contribution in [0.2, 0.25) is 0 Å². The molecule has 3 atom stereocenters. The van der Waals surface area contributed by atoms with Crippen LogP contribution in [0.1, 0.15) is 75.7 Å². The first-order valence-corrected chi connectivity index (χ1v) is 13.9. The second-order valence-electron chi connectivity index (χ2n) is 10.6. The standard InChI is InChI=1S/C31H37N3O4/c1-3-5-8-19(4-2)18-38-31-33-29(32-30(34-31)28-26(36)16-25(35)17-27(28)37)23-12-11-22-13-20-9-6-7-10-21(20)14-24(22)15-23/h6,9,11-13,15-16,19,21,27,35-37H,3-5,7-8,10,14,17-18H2,1-2H3. The van der Waals surface area contributed by atoms with Gasteiger partial charge in [-0.05, 0) is 60.3 Å². The Morgan fingerprint density at radius 1 is 1.05 bits per heavy atom. The molecule has 1 aromatic carbocycles. The fourth-order valence-electron chi connectivity index (χ4n) is 5.50. The highest BCUT2D eigenvalue weighted by Gasteiger charge is 2.28. The number of nitrogens with zero attached hydrogens (tertiary/aromatic N) is 3. The van der Waals surface area contributed by atoms with Crippen molar-refractivity contribution < 1.29 is 20.1 Å². The van der Waals surface area contributed by atoms with E-state index in [0.29, 0.717) is 24.3 Å². The third-order valence-electron chi connectivity index (χ3n) is 7.82. The van der Waals surface area contributed by atoms with Gasteiger partial charge in [0.05, 0.1) is 24.0 Å². The van der Waals surface area contributed by atoms with Crippen LogP contribution < -0.4 is 4.74 Å². The largest absolute Gasteiger partial charge is 0.512 e. The van der Waals surface area contributed by atoms with Crippen LogP contribution >= 0.6 is 0 Å². The molecule has 0 aliphatic heterocycles. The third kappa shape index (κ3) is 5.68. The Morgan fingerprint density at radius 3 is 2.68 bits per heavy atom. The number of unbranched alkanes of at least 4 members (excludes halogenated alkanes) is 1. The fraction of sp³-hybridized carbons (Fsp3) is 0.452. The zero-order valence-corrected chi connectivity index (χ0v) is 22.2. The highest BCUT2D eigenvalue weighted by Crippen LogP contribution is 2.37. The van der Waals surface area contributed by atoms with Gasteiger partial charge in [0.25, 0.3) is 0 Å². The van der Waals surface area contributed by atoms with Crippen LogP contribution in [0.4, 0.5) is 0 Å². The lowest BCUT2D eigenvalue weighted by Crippen LogP contribution is -2.20. The van der Waals surface area contributed by atoms with E-state index >= 15 is 0 Å². The van der Waals surface area contributed by atoms with E-state index < -0.39 is 6.10 Å². The quantitative estimate of drug-likeness (QED) is 0.349. The number of aliphatic hydroxyl groups is 3. The van der Waals surface area contributed by atoms with Gasteiger partial charge < -0.3 is 20.1 Å². The van der Waals surface area contributed by atoms with Gasteiger partial charge in [-0.3, -0.25) is 0 Å². The average molecular weight is 516 g/mol. The van der Waals surface area contributed by atoms with Gasteiger partial charge in [-0.1, -0.05) is 63.5 Å². The van der Waals surface area contributed by atoms with E-state index in [-0.39, 0.29) is 35.3 Å². The molecule has 38 heavy (non-hydrogen) atoms. The van der Waals surface area contributed by atoms with Crippen LogP contribution in [-0.4, -0.2) is 43.0 Å². The molecule has 2 aromatic rings. The van der Waals surface area contributed by atoms with E-state index in [0.717, 1.165) is 50.5 Å². The van der Waals surface area contributed by atoms with E-state index in [2.05, 4.69) is 59.2 Å². The molecule has 200 valence electrons. The maximum absolute atomic E-state index is 10.7. The molecule has 0 radical (unpaired) electrons. The van der Waals surface area contributed by atoms with Gasteiger partial charge in [-0.15, -0.1) is 0 Å². The van der Waals surface area contributed by atoms with Crippen LogP contribution in [0.3, 0.4) is 0 Å². The molecule has 0 bridgehead atoms. The molecule has 0 amide bonds. The summed E-state index contributed by atoms with van der Waals surface area (Å²) in [6.07, 6.45) is 14.4. The number of aliphatic hydroxyl groups excluding tert-OH is 3. The molecule has 5 rings (SSSR count). The molecule has 7 nitrogen and oxygen atoms in total. The predicted octanol–water partition coefficient (Wildman–Crippen LogP) is 6.52. The maximum atomic E-state index is 10.7. The first-order chi connectivity index (χ1) is 18.4. The zero-order chi connectivity index (χ0) is 26.6. The normalized spacial score (nSPS) is 21.3. The summed E-state index contributed by atoms with van der Waals surface area (Å²) in [5.74, 6) is 1.15. The van der Waals surface area contributed by atoms with E-state index in [1.54, 1.807) is 0 Å². The summed E-state index contributed by atoms with van der Waals surface area (Å²) in [5.41, 5.74) is 4.86. The average Bonchev–Trinajstić information content (AvgIpc) is 2.91. The number of hydrogen-bond donors (Lipinski definition) is 3. The molecule has 1 heterocycles. The highest BCUT2D eigenvalue weighted by molar-refractivity contribution is 5.72. The molecule has 0 fully saturated rings. The van der Waals surface area contributed by atoms with Crippen molar-refractivity contribution in [1.29, 1.82) is 0 Å². The van der Waals surface area contributed by atoms with Crippen molar-refractivity contribution in [3.05, 3.63) is 70.5 Å². The summed E-state index contributed by atoms with van der Waals surface area (Å²) in [6, 6.07) is 6.41. The molecule has 0 saturated carbocycles. The van der Waals surface area contributed by atoms with Crippen molar-refractivity contribution in [2.75, 3.05) is 6.61 Å². The van der Waals surface area contributed by atoms with Gasteiger partial charge in [0.15, 0.2) is 11.6 Å². The molecule has 3 unspecified atom stereocenters. The van der Waals surface area contributed by atoms with E-state index in [1.165, 1.54) is 22.8 Å². The fourth-order valence-corrected chi connectivity index (χ4v) is 5.50. The van der Waals surface area contributed by atoms with Crippen LogP contribution in [0.15, 0.2) is 53.5 Å². The summed E-state index contributed by atoms with van der Waals surface area (Å²) < 4.78 is 6.09. The first-order valence-electron chi connectivity index (χ1n) is 13.9. The Labute approximate surface area is 224 Å². The number of fused-ring (bicyclic) bond motifs is 2. The molecule has 1 aromatic heterocycles. The van der Waals surface area contributed by atoms with Gasteiger partial charge in [-0.25, -0.2) is 4.98 Å². The van der Waals surface area contributed by atoms with Gasteiger partial charge in [0.2, 0.25) is 0 Å². The minimum absolute atomic E-state index is 0.0190. The van der Waals surface area contributed by atoms with Crippen LogP contribution in [0, 0.1) is 11.8 Å². The van der Waals surface area contributed by atoms with Crippen molar-refractivity contribution in [3.8, 4) is 17.4 Å². The number of allylic oxidation sites excluding steroid dienone is 4. The summed E-state index contributed by atoms with van der Waals surface area (Å²) >= 11 is 0. The minimum Gasteiger partial charge on any atom is -0.512 e. The Kier molecular flexibility index (Phi) is 7.93. The zero-order valence-electron chi connectivity index (χ0n) is 22.2. The monoisotopic (exact) mass is 515 g/mol. The molecular formula is C31H37N3O4. The van der Waals surface area contributed by atoms with Crippen molar-refractivity contribution in [2.24, 2.45) is 11.8 Å². The van der Waals surface area contributed by atoms with Crippen molar-refractivity contribution in [2.45, 2.75) is 71.3 Å². The lowest BCUT2D eigenvalue weighted by molar-refractivity contribution is 0.199. The second-order valence-corrected chi connectivity index (χ2v) is 10.6. The predicted molar refractivity (Wildman–Crippen MR) is 148 cm³/mol. The topological polar surface area (TPSA) is 109 Å². The molecular weight excluding hydrogens is 478 g/mol. The van der Waals surface area contributed by atoms with Crippen LogP contribution in [-0.2, 0) is 6.42 Å². The number of rotatable bonds is 9. The number of aromatic nitrogens is 3. The van der Waals surface area contributed by atoms with Gasteiger partial charge >= 0.3 is 6.01 Å². The molecule has 3 aliphatic rings. The van der Waals surface area contributed by atoms with Gasteiger partial charge in [-0.2, -0.15) is 9.97 Å². The van der Waals surface area contributed by atoms with E-state index in [1.807, 2.05) is 6.07 Å². The lowest BCUT2D eigenvalue weighted by atomic mass is 9.78. The SMILES string of the molecule is CCCCC(CC)COc1nc(C2=C(O)C=C(O)CC2O)nc(-c2ccc3c(c2)CC2CCC=CC2=C3)n1. The van der Waals surface area contributed by atoms with Crippen molar-refractivity contribution >= 4 is 11.6 Å². The summed E-state index contributed by atoms with van der Waals surface area (Å²) in [4.78, 5) is 13.8. The summed E-state index contributed by atoms with van der Waals surface area (Å²) in [5, 5.41) is 31.1. The minimum atomic E-state index is -1.14. The van der Waals surface area contributed by atoms with Gasteiger partial charge in [0, 0.05) is 18.1 Å². The molecule has 0 saturated heterocycles. The van der Waals surface area contributed by atoms with Crippen LogP contribution in [0.25, 0.3) is 23.0 Å². The molecule has 0 spiro atoms. The Hall–Kier alpha value is -3.45. The highest BCUT2D eigenvalue weighted by atomic mass is 16.5. The van der Waals surface area contributed by atoms with Crippen molar-refractivity contribution in [3.63, 3.8) is 0 Å². The maximum Gasteiger partial charge on any atom is 0.320 e. The second kappa shape index (κ2) is 11.5. The smallest absolute Gasteiger partial charge is 0.320 e. The number of ether oxygens (including phenoxy) is 1. The lowest BCUT2D eigenvalue weighted by Gasteiger charge is -2.27. The van der Waals surface area contributed by atoms with Gasteiger partial charge in [0.1, 0.15) is 5.76 Å². The third-order valence-corrected chi connectivity index (χ3v) is 7.82. The molecule has 3 N–H and O–H groups in total. The van der Waals surface area contributed by atoms with E-state index in [4.69, 9.17) is 4.74 Å². The van der Waals surface area contributed by atoms with Crippen LogP contribution in [0.5, 0.6) is 6.01 Å².